The highest BCUT2D eigenvalue weighted by molar-refractivity contribution is 6.29. The number of carbonyl (C=O) groups excluding carboxylic acids is 1. The third-order valence-corrected chi connectivity index (χ3v) is 2.42. The third-order valence-electron chi connectivity index (χ3n) is 2.22. The Balaban J connectivity index is 1.91. The number of aromatic nitrogens is 1. The van der Waals surface area contributed by atoms with Crippen LogP contribution in [0.2, 0.25) is 5.15 Å². The van der Waals surface area contributed by atoms with Gasteiger partial charge in [0.1, 0.15) is 11.8 Å². The van der Waals surface area contributed by atoms with Crippen molar-refractivity contribution >= 4 is 23.4 Å². The first-order valence-electron chi connectivity index (χ1n) is 5.44. The van der Waals surface area contributed by atoms with E-state index in [1.165, 1.54) is 6.07 Å². The van der Waals surface area contributed by atoms with E-state index in [4.69, 9.17) is 16.3 Å². The van der Waals surface area contributed by atoms with Gasteiger partial charge in [-0.25, -0.2) is 9.78 Å². The van der Waals surface area contributed by atoms with Gasteiger partial charge in [-0.3, -0.25) is 5.32 Å². The molecule has 4 nitrogen and oxygen atoms in total. The first kappa shape index (κ1) is 13.3. The van der Waals surface area contributed by atoms with Gasteiger partial charge in [-0.15, -0.1) is 0 Å². The first-order chi connectivity index (χ1) is 9.13. The molecule has 0 saturated carbocycles. The molecule has 0 aliphatic carbocycles. The van der Waals surface area contributed by atoms with Crippen LogP contribution in [0.4, 0.5) is 14.9 Å². The van der Waals surface area contributed by atoms with E-state index < -0.39 is 12.0 Å². The monoisotopic (exact) mass is 280 g/mol. The Labute approximate surface area is 114 Å². The van der Waals surface area contributed by atoms with E-state index in [-0.39, 0.29) is 17.4 Å². The van der Waals surface area contributed by atoms with Gasteiger partial charge in [-0.05, 0) is 11.6 Å². The predicted molar refractivity (Wildman–Crippen MR) is 69.5 cm³/mol. The zero-order chi connectivity index (χ0) is 13.7. The van der Waals surface area contributed by atoms with Crippen molar-refractivity contribution in [1.82, 2.24) is 4.98 Å². The summed E-state index contributed by atoms with van der Waals surface area (Å²) in [7, 11) is 0. The Hall–Kier alpha value is -2.14. The van der Waals surface area contributed by atoms with Crippen LogP contribution in [-0.4, -0.2) is 11.1 Å². The van der Waals surface area contributed by atoms with Gasteiger partial charge < -0.3 is 4.74 Å². The largest absolute Gasteiger partial charge is 0.444 e. The first-order valence-corrected chi connectivity index (χ1v) is 5.82. The summed E-state index contributed by atoms with van der Waals surface area (Å²) in [4.78, 5) is 14.8. The molecule has 1 aromatic carbocycles. The average molecular weight is 281 g/mol. The molecule has 1 heterocycles. The minimum Gasteiger partial charge on any atom is -0.444 e. The Morgan fingerprint density at radius 1 is 1.32 bits per heavy atom. The van der Waals surface area contributed by atoms with Gasteiger partial charge in [0.15, 0.2) is 0 Å². The fourth-order valence-corrected chi connectivity index (χ4v) is 1.61. The van der Waals surface area contributed by atoms with Gasteiger partial charge in [0, 0.05) is 6.07 Å². The quantitative estimate of drug-likeness (QED) is 0.874. The Morgan fingerprint density at radius 3 is 2.74 bits per heavy atom. The van der Waals surface area contributed by atoms with E-state index >= 15 is 0 Å². The average Bonchev–Trinajstić information content (AvgIpc) is 2.36. The number of nitrogens with one attached hydrogen (secondary N) is 1. The second kappa shape index (κ2) is 6.15. The number of ether oxygens (including phenoxy) is 1. The second-order valence-corrected chi connectivity index (χ2v) is 4.08. The van der Waals surface area contributed by atoms with Crippen LogP contribution in [0.1, 0.15) is 5.56 Å². The van der Waals surface area contributed by atoms with Gasteiger partial charge in [0.2, 0.25) is 5.95 Å². The maximum Gasteiger partial charge on any atom is 0.411 e. The molecule has 19 heavy (non-hydrogen) atoms. The molecule has 6 heteroatoms. The lowest BCUT2D eigenvalue weighted by atomic mass is 10.2. The highest BCUT2D eigenvalue weighted by atomic mass is 35.5. The van der Waals surface area contributed by atoms with E-state index in [1.807, 2.05) is 30.3 Å². The number of benzene rings is 1. The van der Waals surface area contributed by atoms with Crippen molar-refractivity contribution in [2.45, 2.75) is 6.61 Å². The highest BCUT2D eigenvalue weighted by Crippen LogP contribution is 2.15. The number of nitrogens with zero attached hydrogens (tertiary/aromatic N) is 1. The van der Waals surface area contributed by atoms with Crippen LogP contribution >= 0.6 is 11.6 Å². The summed E-state index contributed by atoms with van der Waals surface area (Å²) >= 11 is 5.56. The van der Waals surface area contributed by atoms with Crippen LogP contribution in [0.25, 0.3) is 0 Å². The van der Waals surface area contributed by atoms with Crippen molar-refractivity contribution < 1.29 is 13.9 Å². The standard InChI is InChI=1S/C13H10ClFN2O2/c14-11-6-10(7-12(15)17-11)16-13(18)19-8-9-4-2-1-3-5-9/h1-7H,8H2,(H,16,17,18). The van der Waals surface area contributed by atoms with Crippen molar-refractivity contribution in [3.8, 4) is 0 Å². The zero-order valence-electron chi connectivity index (χ0n) is 9.77. The molecule has 0 unspecified atom stereocenters. The molecule has 0 bridgehead atoms. The lowest BCUT2D eigenvalue weighted by Crippen LogP contribution is -2.13. The summed E-state index contributed by atoms with van der Waals surface area (Å²) in [6.45, 7) is 0.133. The molecule has 2 aromatic rings. The summed E-state index contributed by atoms with van der Waals surface area (Å²) in [5.41, 5.74) is 1.05. The number of pyridine rings is 1. The number of rotatable bonds is 3. The van der Waals surface area contributed by atoms with Crippen LogP contribution in [0, 0.1) is 5.95 Å². The molecule has 0 aliphatic heterocycles. The van der Waals surface area contributed by atoms with Crippen LogP contribution < -0.4 is 5.32 Å². The predicted octanol–water partition coefficient (Wildman–Crippen LogP) is 3.62. The van der Waals surface area contributed by atoms with Crippen LogP contribution in [0.15, 0.2) is 42.5 Å². The summed E-state index contributed by atoms with van der Waals surface area (Å²) < 4.78 is 17.9. The van der Waals surface area contributed by atoms with Crippen LogP contribution in [0.3, 0.4) is 0 Å². The molecule has 0 fully saturated rings. The number of hydrogen-bond donors (Lipinski definition) is 1. The molecule has 0 saturated heterocycles. The summed E-state index contributed by atoms with van der Waals surface area (Å²) in [5, 5.41) is 2.33. The molecule has 0 aliphatic rings. The van der Waals surface area contributed by atoms with E-state index in [1.54, 1.807) is 0 Å². The Kier molecular flexibility index (Phi) is 4.30. The summed E-state index contributed by atoms with van der Waals surface area (Å²) in [6.07, 6.45) is -0.689. The lowest BCUT2D eigenvalue weighted by Gasteiger charge is -2.07. The van der Waals surface area contributed by atoms with Crippen molar-refractivity contribution in [2.24, 2.45) is 0 Å². The topological polar surface area (TPSA) is 51.2 Å². The molecule has 98 valence electrons. The highest BCUT2D eigenvalue weighted by Gasteiger charge is 2.06. The van der Waals surface area contributed by atoms with E-state index in [9.17, 15) is 9.18 Å². The van der Waals surface area contributed by atoms with Gasteiger partial charge in [-0.1, -0.05) is 41.9 Å². The maximum atomic E-state index is 12.9. The molecular weight excluding hydrogens is 271 g/mol. The van der Waals surface area contributed by atoms with Gasteiger partial charge in [0.05, 0.1) is 5.69 Å². The van der Waals surface area contributed by atoms with E-state index in [0.29, 0.717) is 0 Å². The van der Waals surface area contributed by atoms with Crippen molar-refractivity contribution in [1.29, 1.82) is 0 Å². The SMILES string of the molecule is O=C(Nc1cc(F)nc(Cl)c1)OCc1ccccc1. The minimum absolute atomic E-state index is 0.0432. The fourth-order valence-electron chi connectivity index (χ4n) is 1.41. The molecular formula is C13H10ClFN2O2. The number of carbonyl (C=O) groups is 1. The number of halogens is 2. The normalized spacial score (nSPS) is 10.0. The van der Waals surface area contributed by atoms with Crippen molar-refractivity contribution in [2.75, 3.05) is 5.32 Å². The second-order valence-electron chi connectivity index (χ2n) is 3.69. The van der Waals surface area contributed by atoms with Crippen molar-refractivity contribution in [3.05, 3.63) is 59.1 Å². The fraction of sp³-hybridized carbons (Fsp3) is 0.0769. The molecule has 1 amide bonds. The Morgan fingerprint density at radius 2 is 2.05 bits per heavy atom. The van der Waals surface area contributed by atoms with E-state index in [0.717, 1.165) is 11.6 Å². The maximum absolute atomic E-state index is 12.9. The number of anilines is 1. The number of amides is 1. The van der Waals surface area contributed by atoms with Crippen LogP contribution in [-0.2, 0) is 11.3 Å². The Bertz CT molecular complexity index is 558. The zero-order valence-corrected chi connectivity index (χ0v) is 10.5. The van der Waals surface area contributed by atoms with Crippen molar-refractivity contribution in [3.63, 3.8) is 0 Å². The van der Waals surface area contributed by atoms with Gasteiger partial charge in [0.25, 0.3) is 0 Å². The molecule has 0 spiro atoms. The smallest absolute Gasteiger partial charge is 0.411 e. The molecule has 2 rings (SSSR count). The molecule has 1 N–H and O–H groups in total. The summed E-state index contributed by atoms with van der Waals surface area (Å²) in [6, 6.07) is 11.6. The molecule has 0 radical (unpaired) electrons. The van der Waals surface area contributed by atoms with Crippen LogP contribution in [0.5, 0.6) is 0 Å². The van der Waals surface area contributed by atoms with Gasteiger partial charge >= 0.3 is 6.09 Å². The summed E-state index contributed by atoms with van der Waals surface area (Å²) in [5.74, 6) is -0.772. The van der Waals surface area contributed by atoms with Gasteiger partial charge in [-0.2, -0.15) is 4.39 Å². The molecule has 1 aromatic heterocycles. The molecule has 0 atom stereocenters. The van der Waals surface area contributed by atoms with E-state index in [2.05, 4.69) is 10.3 Å². The lowest BCUT2D eigenvalue weighted by molar-refractivity contribution is 0.155. The number of hydrogen-bond acceptors (Lipinski definition) is 3. The third kappa shape index (κ3) is 4.22. The minimum atomic E-state index is -0.772.